The lowest BCUT2D eigenvalue weighted by Gasteiger charge is -2.26. The highest BCUT2D eigenvalue weighted by atomic mass is 16.5. The van der Waals surface area contributed by atoms with Crippen LogP contribution < -0.4 is 15.4 Å². The average Bonchev–Trinajstić information content (AvgIpc) is 2.68. The standard InChI is InChI=1S/C21H36N4O2/c1-4-22-21(23-10-6-7-11-25-12-14-26-15-13-25)24-17-19-9-8-18(3)16-20(19)27-5-2/h8-9,16H,4-7,10-15,17H2,1-3H3,(H2,22,23,24). The zero-order valence-corrected chi connectivity index (χ0v) is 17.2. The number of ether oxygens (including phenoxy) is 2. The Morgan fingerprint density at radius 2 is 2.00 bits per heavy atom. The second kappa shape index (κ2) is 12.6. The lowest BCUT2D eigenvalue weighted by Crippen LogP contribution is -2.39. The maximum Gasteiger partial charge on any atom is 0.191 e. The maximum atomic E-state index is 5.76. The number of unbranched alkanes of at least 4 members (excludes halogenated alkanes) is 1. The molecule has 0 radical (unpaired) electrons. The third-order valence-electron chi connectivity index (χ3n) is 4.57. The average molecular weight is 377 g/mol. The minimum Gasteiger partial charge on any atom is -0.494 e. The Kier molecular flexibility index (Phi) is 10.0. The van der Waals surface area contributed by atoms with E-state index in [0.717, 1.165) is 69.6 Å². The summed E-state index contributed by atoms with van der Waals surface area (Å²) < 4.78 is 11.1. The summed E-state index contributed by atoms with van der Waals surface area (Å²) in [4.78, 5) is 7.21. The Labute approximate surface area is 164 Å². The van der Waals surface area contributed by atoms with Gasteiger partial charge in [-0.3, -0.25) is 4.90 Å². The molecule has 1 fully saturated rings. The molecule has 6 heteroatoms. The van der Waals surface area contributed by atoms with Gasteiger partial charge in [-0.1, -0.05) is 12.1 Å². The first-order chi connectivity index (χ1) is 13.2. The van der Waals surface area contributed by atoms with E-state index in [2.05, 4.69) is 47.6 Å². The zero-order chi connectivity index (χ0) is 19.3. The molecule has 0 saturated carbocycles. The Hall–Kier alpha value is -1.79. The van der Waals surface area contributed by atoms with Gasteiger partial charge in [0.25, 0.3) is 0 Å². The van der Waals surface area contributed by atoms with Gasteiger partial charge in [0, 0.05) is 31.7 Å². The number of nitrogens with one attached hydrogen (secondary N) is 2. The van der Waals surface area contributed by atoms with Gasteiger partial charge < -0.3 is 20.1 Å². The lowest BCUT2D eigenvalue weighted by atomic mass is 10.1. The van der Waals surface area contributed by atoms with Gasteiger partial charge in [0.2, 0.25) is 0 Å². The van der Waals surface area contributed by atoms with E-state index in [1.165, 1.54) is 12.0 Å². The number of morpholine rings is 1. The summed E-state index contributed by atoms with van der Waals surface area (Å²) >= 11 is 0. The van der Waals surface area contributed by atoms with Gasteiger partial charge in [-0.2, -0.15) is 0 Å². The molecule has 1 saturated heterocycles. The molecule has 0 unspecified atom stereocenters. The number of nitrogens with zero attached hydrogens (tertiary/aromatic N) is 2. The highest BCUT2D eigenvalue weighted by molar-refractivity contribution is 5.79. The van der Waals surface area contributed by atoms with E-state index in [9.17, 15) is 0 Å². The number of hydrogen-bond donors (Lipinski definition) is 2. The van der Waals surface area contributed by atoms with Crippen LogP contribution in [0.1, 0.15) is 37.8 Å². The summed E-state index contributed by atoms with van der Waals surface area (Å²) in [5, 5.41) is 6.77. The third kappa shape index (κ3) is 8.18. The van der Waals surface area contributed by atoms with E-state index in [1.807, 2.05) is 6.92 Å². The quantitative estimate of drug-likeness (QED) is 0.373. The van der Waals surface area contributed by atoms with Crippen LogP contribution in [0.25, 0.3) is 0 Å². The van der Waals surface area contributed by atoms with Crippen LogP contribution in [0.15, 0.2) is 23.2 Å². The molecule has 1 aliphatic rings. The van der Waals surface area contributed by atoms with Crippen LogP contribution in [-0.2, 0) is 11.3 Å². The first-order valence-corrected chi connectivity index (χ1v) is 10.3. The molecule has 0 spiro atoms. The van der Waals surface area contributed by atoms with Crippen LogP contribution in [-0.4, -0.2) is 63.4 Å². The number of aryl methyl sites for hydroxylation is 1. The first kappa shape index (κ1) is 21.5. The monoisotopic (exact) mass is 376 g/mol. The van der Waals surface area contributed by atoms with Crippen molar-refractivity contribution in [3.8, 4) is 5.75 Å². The molecule has 6 nitrogen and oxygen atoms in total. The number of rotatable bonds is 10. The summed E-state index contributed by atoms with van der Waals surface area (Å²) in [6.07, 6.45) is 2.33. The number of aliphatic imine (C=N–C) groups is 1. The minimum atomic E-state index is 0.610. The van der Waals surface area contributed by atoms with Crippen molar-refractivity contribution in [2.45, 2.75) is 40.2 Å². The molecule has 0 aromatic heterocycles. The minimum absolute atomic E-state index is 0.610. The molecule has 2 rings (SSSR count). The topological polar surface area (TPSA) is 58.1 Å². The van der Waals surface area contributed by atoms with E-state index in [-0.39, 0.29) is 0 Å². The molecule has 1 aromatic carbocycles. The molecule has 1 aromatic rings. The molecule has 0 amide bonds. The van der Waals surface area contributed by atoms with Gasteiger partial charge in [-0.05, 0) is 51.8 Å². The SMILES string of the molecule is CCNC(=NCc1ccc(C)cc1OCC)NCCCCN1CCOCC1. The largest absolute Gasteiger partial charge is 0.494 e. The van der Waals surface area contributed by atoms with Crippen molar-refractivity contribution in [2.75, 3.05) is 52.5 Å². The van der Waals surface area contributed by atoms with Crippen molar-refractivity contribution in [2.24, 2.45) is 4.99 Å². The molecule has 0 bridgehead atoms. The third-order valence-corrected chi connectivity index (χ3v) is 4.57. The lowest BCUT2D eigenvalue weighted by molar-refractivity contribution is 0.0372. The first-order valence-electron chi connectivity index (χ1n) is 10.3. The van der Waals surface area contributed by atoms with E-state index >= 15 is 0 Å². The number of guanidine groups is 1. The summed E-state index contributed by atoms with van der Waals surface area (Å²) in [6.45, 7) is 14.3. The van der Waals surface area contributed by atoms with E-state index in [0.29, 0.717) is 13.2 Å². The van der Waals surface area contributed by atoms with Crippen molar-refractivity contribution in [1.29, 1.82) is 0 Å². The second-order valence-corrected chi connectivity index (χ2v) is 6.83. The van der Waals surface area contributed by atoms with Crippen LogP contribution in [0.2, 0.25) is 0 Å². The van der Waals surface area contributed by atoms with Crippen LogP contribution in [0, 0.1) is 6.92 Å². The molecule has 1 heterocycles. The molecule has 1 aliphatic heterocycles. The van der Waals surface area contributed by atoms with Gasteiger partial charge in [0.15, 0.2) is 5.96 Å². The Morgan fingerprint density at radius 1 is 1.19 bits per heavy atom. The molecule has 27 heavy (non-hydrogen) atoms. The number of hydrogen-bond acceptors (Lipinski definition) is 4. The fraction of sp³-hybridized carbons (Fsp3) is 0.667. The molecule has 0 atom stereocenters. The molecule has 0 aliphatic carbocycles. The zero-order valence-electron chi connectivity index (χ0n) is 17.2. The predicted octanol–water partition coefficient (Wildman–Crippen LogP) is 2.56. The van der Waals surface area contributed by atoms with Crippen LogP contribution in [0.5, 0.6) is 5.75 Å². The fourth-order valence-corrected chi connectivity index (χ4v) is 3.08. The fourth-order valence-electron chi connectivity index (χ4n) is 3.08. The smallest absolute Gasteiger partial charge is 0.191 e. The summed E-state index contributed by atoms with van der Waals surface area (Å²) in [7, 11) is 0. The Bertz CT molecular complexity index is 571. The van der Waals surface area contributed by atoms with Gasteiger partial charge in [-0.25, -0.2) is 4.99 Å². The summed E-state index contributed by atoms with van der Waals surface area (Å²) in [5.74, 6) is 1.80. The van der Waals surface area contributed by atoms with Crippen molar-refractivity contribution in [3.05, 3.63) is 29.3 Å². The summed E-state index contributed by atoms with van der Waals surface area (Å²) in [6, 6.07) is 6.30. The Balaban J connectivity index is 1.78. The van der Waals surface area contributed by atoms with Crippen LogP contribution in [0.3, 0.4) is 0 Å². The van der Waals surface area contributed by atoms with Gasteiger partial charge in [0.05, 0.1) is 26.4 Å². The van der Waals surface area contributed by atoms with Gasteiger partial charge >= 0.3 is 0 Å². The molecule has 2 N–H and O–H groups in total. The maximum absolute atomic E-state index is 5.76. The molecular weight excluding hydrogens is 340 g/mol. The molecule has 152 valence electrons. The van der Waals surface area contributed by atoms with Crippen molar-refractivity contribution in [1.82, 2.24) is 15.5 Å². The van der Waals surface area contributed by atoms with Crippen LogP contribution >= 0.6 is 0 Å². The van der Waals surface area contributed by atoms with Crippen molar-refractivity contribution < 1.29 is 9.47 Å². The number of benzene rings is 1. The highest BCUT2D eigenvalue weighted by Gasteiger charge is 2.09. The molecular formula is C21H36N4O2. The van der Waals surface area contributed by atoms with E-state index < -0.39 is 0 Å². The van der Waals surface area contributed by atoms with Crippen molar-refractivity contribution in [3.63, 3.8) is 0 Å². The van der Waals surface area contributed by atoms with E-state index in [4.69, 9.17) is 14.5 Å². The second-order valence-electron chi connectivity index (χ2n) is 6.83. The van der Waals surface area contributed by atoms with Crippen LogP contribution in [0.4, 0.5) is 0 Å². The summed E-state index contributed by atoms with van der Waals surface area (Å²) in [5.41, 5.74) is 2.32. The Morgan fingerprint density at radius 3 is 2.74 bits per heavy atom. The van der Waals surface area contributed by atoms with E-state index in [1.54, 1.807) is 0 Å². The van der Waals surface area contributed by atoms with Crippen molar-refractivity contribution >= 4 is 5.96 Å². The highest BCUT2D eigenvalue weighted by Crippen LogP contribution is 2.21. The predicted molar refractivity (Wildman–Crippen MR) is 112 cm³/mol. The van der Waals surface area contributed by atoms with Gasteiger partial charge in [0.1, 0.15) is 5.75 Å². The normalized spacial score (nSPS) is 15.6. The van der Waals surface area contributed by atoms with Gasteiger partial charge in [-0.15, -0.1) is 0 Å².